The van der Waals surface area contributed by atoms with Gasteiger partial charge in [0.05, 0.1) is 0 Å². The largest absolute Gasteiger partial charge is 0.480 e. The van der Waals surface area contributed by atoms with E-state index in [1.54, 1.807) is 0 Å². The average molecular weight is 185 g/mol. The maximum absolute atomic E-state index is 10.3. The van der Waals surface area contributed by atoms with Gasteiger partial charge in [-0.25, -0.2) is 0 Å². The van der Waals surface area contributed by atoms with E-state index < -0.39 is 12.0 Å². The molecule has 0 unspecified atom stereocenters. The van der Waals surface area contributed by atoms with Crippen LogP contribution in [0.2, 0.25) is 0 Å². The van der Waals surface area contributed by atoms with Gasteiger partial charge in [-0.05, 0) is 19.3 Å². The Kier molecular flexibility index (Phi) is 7.30. The molecule has 76 valence electrons. The monoisotopic (exact) mass is 185 g/mol. The Morgan fingerprint density at radius 1 is 1.46 bits per heavy atom. The van der Waals surface area contributed by atoms with Crippen LogP contribution in [-0.2, 0) is 4.79 Å². The standard InChI is InChI=1S/C10H19NO2/c1-2-3-4-5-6-7-8-9(11)10(12)13/h6-7,9H,2-5,8,11H2,1H3,(H,12,13)/b7-6+/t9-/m0/s1. The molecule has 0 aliphatic heterocycles. The second kappa shape index (κ2) is 7.80. The first-order valence-corrected chi connectivity index (χ1v) is 4.81. The van der Waals surface area contributed by atoms with Crippen molar-refractivity contribution in [3.8, 4) is 0 Å². The number of hydrogen-bond donors (Lipinski definition) is 2. The zero-order valence-corrected chi connectivity index (χ0v) is 8.20. The van der Waals surface area contributed by atoms with E-state index in [0.717, 1.165) is 6.42 Å². The molecular weight excluding hydrogens is 166 g/mol. The fraction of sp³-hybridized carbons (Fsp3) is 0.700. The molecule has 0 aromatic carbocycles. The summed E-state index contributed by atoms with van der Waals surface area (Å²) in [6, 6.07) is -0.748. The molecule has 0 saturated carbocycles. The van der Waals surface area contributed by atoms with Gasteiger partial charge < -0.3 is 10.8 Å². The normalized spacial score (nSPS) is 13.4. The van der Waals surface area contributed by atoms with Crippen LogP contribution in [0.4, 0.5) is 0 Å². The molecule has 13 heavy (non-hydrogen) atoms. The topological polar surface area (TPSA) is 63.3 Å². The molecule has 0 bridgehead atoms. The second-order valence-corrected chi connectivity index (χ2v) is 3.15. The third-order valence-corrected chi connectivity index (χ3v) is 1.85. The number of carboxylic acids is 1. The molecular formula is C10H19NO2. The number of aliphatic carboxylic acids is 1. The SMILES string of the molecule is CCCCC/C=C/C[C@H](N)C(=O)O. The summed E-state index contributed by atoms with van der Waals surface area (Å²) >= 11 is 0. The second-order valence-electron chi connectivity index (χ2n) is 3.15. The predicted molar refractivity (Wildman–Crippen MR) is 53.5 cm³/mol. The van der Waals surface area contributed by atoms with Gasteiger partial charge in [-0.15, -0.1) is 0 Å². The molecule has 3 heteroatoms. The number of carboxylic acid groups (broad SMARTS) is 1. The molecule has 3 N–H and O–H groups in total. The molecule has 1 atom stereocenters. The summed E-state index contributed by atoms with van der Waals surface area (Å²) in [5.74, 6) is -0.932. The molecule has 0 aromatic rings. The lowest BCUT2D eigenvalue weighted by atomic mass is 10.1. The summed E-state index contributed by atoms with van der Waals surface area (Å²) in [5.41, 5.74) is 5.31. The average Bonchev–Trinajstić information content (AvgIpc) is 2.10. The van der Waals surface area contributed by atoms with Crippen molar-refractivity contribution in [2.45, 2.75) is 45.1 Å². The number of allylic oxidation sites excluding steroid dienone is 1. The Bertz CT molecular complexity index is 166. The van der Waals surface area contributed by atoms with Gasteiger partial charge in [0, 0.05) is 0 Å². The Labute approximate surface area is 79.6 Å². The van der Waals surface area contributed by atoms with Crippen molar-refractivity contribution in [2.75, 3.05) is 0 Å². The first-order valence-electron chi connectivity index (χ1n) is 4.81. The van der Waals surface area contributed by atoms with Crippen LogP contribution in [0.5, 0.6) is 0 Å². The van der Waals surface area contributed by atoms with Crippen LogP contribution in [0, 0.1) is 0 Å². The Hall–Kier alpha value is -0.830. The first-order chi connectivity index (χ1) is 6.18. The summed E-state index contributed by atoms with van der Waals surface area (Å²) in [5, 5.41) is 8.46. The molecule has 0 saturated heterocycles. The van der Waals surface area contributed by atoms with Gasteiger partial charge in [0.2, 0.25) is 0 Å². The molecule has 0 heterocycles. The smallest absolute Gasteiger partial charge is 0.320 e. The van der Waals surface area contributed by atoms with Crippen LogP contribution < -0.4 is 5.73 Å². The van der Waals surface area contributed by atoms with Crippen molar-refractivity contribution in [2.24, 2.45) is 5.73 Å². The Morgan fingerprint density at radius 2 is 2.15 bits per heavy atom. The van der Waals surface area contributed by atoms with Crippen molar-refractivity contribution in [1.82, 2.24) is 0 Å². The van der Waals surface area contributed by atoms with Crippen LogP contribution in [0.15, 0.2) is 12.2 Å². The quantitative estimate of drug-likeness (QED) is 0.470. The van der Waals surface area contributed by atoms with Crippen molar-refractivity contribution >= 4 is 5.97 Å². The van der Waals surface area contributed by atoms with Gasteiger partial charge in [0.1, 0.15) is 6.04 Å². The maximum Gasteiger partial charge on any atom is 0.320 e. The zero-order valence-electron chi connectivity index (χ0n) is 8.20. The minimum absolute atomic E-state index is 0.432. The Balaban J connectivity index is 3.35. The van der Waals surface area contributed by atoms with Gasteiger partial charge in [-0.2, -0.15) is 0 Å². The fourth-order valence-corrected chi connectivity index (χ4v) is 0.974. The lowest BCUT2D eigenvalue weighted by molar-refractivity contribution is -0.138. The van der Waals surface area contributed by atoms with Crippen LogP contribution in [0.3, 0.4) is 0 Å². The summed E-state index contributed by atoms with van der Waals surface area (Å²) in [6.07, 6.45) is 8.95. The van der Waals surface area contributed by atoms with Gasteiger partial charge in [-0.1, -0.05) is 31.9 Å². The van der Waals surface area contributed by atoms with E-state index in [0.29, 0.717) is 6.42 Å². The van der Waals surface area contributed by atoms with E-state index in [-0.39, 0.29) is 0 Å². The van der Waals surface area contributed by atoms with E-state index in [1.807, 2.05) is 12.2 Å². The van der Waals surface area contributed by atoms with Crippen molar-refractivity contribution in [1.29, 1.82) is 0 Å². The van der Waals surface area contributed by atoms with E-state index in [2.05, 4.69) is 6.92 Å². The van der Waals surface area contributed by atoms with Crippen molar-refractivity contribution in [3.05, 3.63) is 12.2 Å². The highest BCUT2D eigenvalue weighted by Crippen LogP contribution is 2.00. The molecule has 0 fully saturated rings. The van der Waals surface area contributed by atoms with Crippen LogP contribution >= 0.6 is 0 Å². The number of carbonyl (C=O) groups is 1. The van der Waals surface area contributed by atoms with E-state index in [4.69, 9.17) is 10.8 Å². The third kappa shape index (κ3) is 7.53. The minimum atomic E-state index is -0.932. The predicted octanol–water partition coefficient (Wildman–Crippen LogP) is 1.92. The van der Waals surface area contributed by atoms with Crippen molar-refractivity contribution in [3.63, 3.8) is 0 Å². The van der Waals surface area contributed by atoms with Crippen LogP contribution in [-0.4, -0.2) is 17.1 Å². The number of unbranched alkanes of at least 4 members (excludes halogenated alkanes) is 3. The first kappa shape index (κ1) is 12.2. The molecule has 0 aromatic heterocycles. The van der Waals surface area contributed by atoms with Gasteiger partial charge in [-0.3, -0.25) is 4.79 Å². The van der Waals surface area contributed by atoms with E-state index in [9.17, 15) is 4.79 Å². The molecule has 0 amide bonds. The highest BCUT2D eigenvalue weighted by Gasteiger charge is 2.07. The molecule has 0 radical (unpaired) electrons. The molecule has 0 rings (SSSR count). The molecule has 3 nitrogen and oxygen atoms in total. The number of nitrogens with two attached hydrogens (primary N) is 1. The molecule has 0 aliphatic carbocycles. The van der Waals surface area contributed by atoms with Gasteiger partial charge in [0.15, 0.2) is 0 Å². The molecule has 0 aliphatic rings. The number of rotatable bonds is 7. The van der Waals surface area contributed by atoms with Crippen LogP contribution in [0.25, 0.3) is 0 Å². The summed E-state index contributed by atoms with van der Waals surface area (Å²) in [4.78, 5) is 10.3. The van der Waals surface area contributed by atoms with Crippen molar-refractivity contribution < 1.29 is 9.90 Å². The maximum atomic E-state index is 10.3. The van der Waals surface area contributed by atoms with E-state index in [1.165, 1.54) is 19.3 Å². The van der Waals surface area contributed by atoms with Gasteiger partial charge >= 0.3 is 5.97 Å². The lowest BCUT2D eigenvalue weighted by Crippen LogP contribution is -2.29. The van der Waals surface area contributed by atoms with Gasteiger partial charge in [0.25, 0.3) is 0 Å². The summed E-state index contributed by atoms with van der Waals surface area (Å²) in [7, 11) is 0. The van der Waals surface area contributed by atoms with Crippen LogP contribution in [0.1, 0.15) is 39.0 Å². The van der Waals surface area contributed by atoms with E-state index >= 15 is 0 Å². The number of hydrogen-bond acceptors (Lipinski definition) is 2. The fourth-order valence-electron chi connectivity index (χ4n) is 0.974. The third-order valence-electron chi connectivity index (χ3n) is 1.85. The summed E-state index contributed by atoms with van der Waals surface area (Å²) < 4.78 is 0. The lowest BCUT2D eigenvalue weighted by Gasteiger charge is -2.00. The Morgan fingerprint density at radius 3 is 2.69 bits per heavy atom. The highest BCUT2D eigenvalue weighted by atomic mass is 16.4. The highest BCUT2D eigenvalue weighted by molar-refractivity contribution is 5.73. The summed E-state index contributed by atoms with van der Waals surface area (Å²) in [6.45, 7) is 2.16. The zero-order chi connectivity index (χ0) is 10.1. The molecule has 0 spiro atoms. The minimum Gasteiger partial charge on any atom is -0.480 e.